The van der Waals surface area contributed by atoms with Crippen molar-refractivity contribution in [1.29, 1.82) is 0 Å². The lowest BCUT2D eigenvalue weighted by atomic mass is 9.78. The zero-order valence-corrected chi connectivity index (χ0v) is 17.6. The van der Waals surface area contributed by atoms with Gasteiger partial charge in [0.2, 0.25) is 5.91 Å². The molecular weight excluding hydrogens is 370 g/mol. The standard InChI is InChI=1S/C21H29N5O3/c1-5-20(6-2,7-3)19(28)23-16-10-21(26-9-8-22-17(16)26)12-25(13-21)18(27)15-11-29-24-14(15)4/h8-9,11,16H,5-7,10,12-13H2,1-4H3,(H,23,28). The van der Waals surface area contributed by atoms with Gasteiger partial charge < -0.3 is 19.3 Å². The lowest BCUT2D eigenvalue weighted by Crippen LogP contribution is -2.63. The van der Waals surface area contributed by atoms with Gasteiger partial charge in [0.1, 0.15) is 17.7 Å². The molecule has 4 heterocycles. The molecule has 0 aliphatic carbocycles. The van der Waals surface area contributed by atoms with Gasteiger partial charge in [0.05, 0.1) is 17.3 Å². The van der Waals surface area contributed by atoms with E-state index in [1.165, 1.54) is 6.26 Å². The van der Waals surface area contributed by atoms with Crippen molar-refractivity contribution in [1.82, 2.24) is 24.9 Å². The van der Waals surface area contributed by atoms with Gasteiger partial charge in [-0.05, 0) is 26.2 Å². The highest BCUT2D eigenvalue weighted by Crippen LogP contribution is 2.45. The average Bonchev–Trinajstić information content (AvgIpc) is 3.39. The van der Waals surface area contributed by atoms with Crippen LogP contribution in [-0.4, -0.2) is 44.5 Å². The largest absolute Gasteiger partial charge is 0.364 e. The number of amides is 2. The maximum absolute atomic E-state index is 13.1. The van der Waals surface area contributed by atoms with Crippen LogP contribution in [0.15, 0.2) is 23.2 Å². The minimum atomic E-state index is -0.333. The van der Waals surface area contributed by atoms with Gasteiger partial charge in [0.25, 0.3) is 5.91 Å². The van der Waals surface area contributed by atoms with Crippen molar-refractivity contribution in [3.63, 3.8) is 0 Å². The van der Waals surface area contributed by atoms with Gasteiger partial charge in [-0.1, -0.05) is 25.9 Å². The van der Waals surface area contributed by atoms with Crippen molar-refractivity contribution in [2.24, 2.45) is 5.41 Å². The van der Waals surface area contributed by atoms with E-state index in [4.69, 9.17) is 4.52 Å². The van der Waals surface area contributed by atoms with Crippen LogP contribution in [0.2, 0.25) is 0 Å². The summed E-state index contributed by atoms with van der Waals surface area (Å²) in [5.41, 5.74) is 0.566. The molecule has 1 atom stereocenters. The van der Waals surface area contributed by atoms with Crippen LogP contribution in [0.1, 0.15) is 74.4 Å². The molecule has 2 aromatic heterocycles. The smallest absolute Gasteiger partial charge is 0.259 e. The van der Waals surface area contributed by atoms with E-state index in [2.05, 4.69) is 40.8 Å². The summed E-state index contributed by atoms with van der Waals surface area (Å²) in [6.07, 6.45) is 8.34. The van der Waals surface area contributed by atoms with E-state index in [1.54, 1.807) is 13.1 Å². The van der Waals surface area contributed by atoms with Gasteiger partial charge >= 0.3 is 0 Å². The van der Waals surface area contributed by atoms with Crippen molar-refractivity contribution in [3.8, 4) is 0 Å². The van der Waals surface area contributed by atoms with Crippen LogP contribution in [0.5, 0.6) is 0 Å². The number of nitrogens with one attached hydrogen (secondary N) is 1. The second kappa shape index (κ2) is 7.00. The predicted octanol–water partition coefficient (Wildman–Crippen LogP) is 2.81. The molecule has 29 heavy (non-hydrogen) atoms. The molecule has 0 radical (unpaired) electrons. The molecule has 1 N–H and O–H groups in total. The Morgan fingerprint density at radius 1 is 1.28 bits per heavy atom. The van der Waals surface area contributed by atoms with E-state index < -0.39 is 0 Å². The summed E-state index contributed by atoms with van der Waals surface area (Å²) < 4.78 is 7.06. The summed E-state index contributed by atoms with van der Waals surface area (Å²) in [5.74, 6) is 0.920. The SMILES string of the molecule is CCC(CC)(CC)C(=O)NC1CC2(CN(C(=O)c3conc3C)C2)n2ccnc21. The third kappa shape index (κ3) is 2.88. The van der Waals surface area contributed by atoms with Crippen molar-refractivity contribution >= 4 is 11.8 Å². The molecule has 156 valence electrons. The number of aromatic nitrogens is 3. The Kier molecular flexibility index (Phi) is 4.75. The minimum Gasteiger partial charge on any atom is -0.364 e. The van der Waals surface area contributed by atoms with Crippen molar-refractivity contribution in [3.05, 3.63) is 35.7 Å². The molecule has 2 amide bonds. The van der Waals surface area contributed by atoms with Crippen LogP contribution in [0.25, 0.3) is 0 Å². The maximum Gasteiger partial charge on any atom is 0.259 e. The Morgan fingerprint density at radius 2 is 1.97 bits per heavy atom. The molecule has 0 bridgehead atoms. The third-order valence-electron chi connectivity index (χ3n) is 7.13. The molecule has 1 spiro atoms. The Hall–Kier alpha value is -2.64. The van der Waals surface area contributed by atoms with Crippen LogP contribution in [0.3, 0.4) is 0 Å². The van der Waals surface area contributed by atoms with Crippen molar-refractivity contribution < 1.29 is 14.1 Å². The van der Waals surface area contributed by atoms with Crippen molar-refractivity contribution in [2.75, 3.05) is 13.1 Å². The molecule has 4 rings (SSSR count). The van der Waals surface area contributed by atoms with Gasteiger partial charge in [0, 0.05) is 37.3 Å². The Labute approximate surface area is 170 Å². The maximum atomic E-state index is 13.1. The fourth-order valence-electron chi connectivity index (χ4n) is 4.96. The van der Waals surface area contributed by atoms with Gasteiger partial charge in [-0.3, -0.25) is 9.59 Å². The lowest BCUT2D eigenvalue weighted by Gasteiger charge is -2.49. The van der Waals surface area contributed by atoms with Gasteiger partial charge in [-0.25, -0.2) is 4.98 Å². The van der Waals surface area contributed by atoms with Crippen LogP contribution < -0.4 is 5.32 Å². The number of fused-ring (bicyclic) bond motifs is 2. The number of rotatable bonds is 6. The molecule has 1 unspecified atom stereocenters. The zero-order chi connectivity index (χ0) is 20.8. The Balaban J connectivity index is 1.50. The average molecular weight is 399 g/mol. The molecule has 8 nitrogen and oxygen atoms in total. The first-order valence-corrected chi connectivity index (χ1v) is 10.4. The summed E-state index contributed by atoms with van der Waals surface area (Å²) in [4.78, 5) is 32.2. The quantitative estimate of drug-likeness (QED) is 0.806. The van der Waals surface area contributed by atoms with E-state index in [1.807, 2.05) is 11.1 Å². The first-order valence-electron chi connectivity index (χ1n) is 10.4. The monoisotopic (exact) mass is 399 g/mol. The number of carbonyl (C=O) groups excluding carboxylic acids is 2. The number of carbonyl (C=O) groups is 2. The van der Waals surface area contributed by atoms with Crippen LogP contribution in [0.4, 0.5) is 0 Å². The molecule has 0 saturated carbocycles. The number of nitrogens with zero attached hydrogens (tertiary/aromatic N) is 4. The van der Waals surface area contributed by atoms with Crippen LogP contribution >= 0.6 is 0 Å². The van der Waals surface area contributed by atoms with E-state index in [-0.39, 0.29) is 28.8 Å². The lowest BCUT2D eigenvalue weighted by molar-refractivity contribution is -0.132. The molecule has 0 aromatic carbocycles. The second-order valence-corrected chi connectivity index (χ2v) is 8.43. The van der Waals surface area contributed by atoms with E-state index in [0.717, 1.165) is 31.5 Å². The van der Waals surface area contributed by atoms with Gasteiger partial charge in [-0.15, -0.1) is 0 Å². The first kappa shape index (κ1) is 19.7. The fraction of sp³-hybridized carbons (Fsp3) is 0.619. The number of imidazole rings is 1. The van der Waals surface area contributed by atoms with Crippen LogP contribution in [0, 0.1) is 12.3 Å². The van der Waals surface area contributed by atoms with Gasteiger partial charge in [-0.2, -0.15) is 0 Å². The number of aryl methyl sites for hydroxylation is 1. The summed E-state index contributed by atoms with van der Waals surface area (Å²) in [6, 6.07) is -0.129. The van der Waals surface area contributed by atoms with E-state index in [0.29, 0.717) is 24.3 Å². The zero-order valence-electron chi connectivity index (χ0n) is 17.6. The Bertz CT molecular complexity index is 912. The summed E-state index contributed by atoms with van der Waals surface area (Å²) in [6.45, 7) is 9.17. The van der Waals surface area contributed by atoms with Crippen LogP contribution in [-0.2, 0) is 10.3 Å². The van der Waals surface area contributed by atoms with E-state index in [9.17, 15) is 9.59 Å². The first-order chi connectivity index (χ1) is 13.9. The summed E-state index contributed by atoms with van der Waals surface area (Å²) in [7, 11) is 0. The molecule has 1 saturated heterocycles. The molecule has 8 heteroatoms. The molecule has 1 fully saturated rings. The third-order valence-corrected chi connectivity index (χ3v) is 7.13. The Morgan fingerprint density at radius 3 is 2.55 bits per heavy atom. The number of hydrogen-bond acceptors (Lipinski definition) is 5. The normalized spacial score (nSPS) is 19.9. The highest BCUT2D eigenvalue weighted by molar-refractivity contribution is 5.95. The molecular formula is C21H29N5O3. The highest BCUT2D eigenvalue weighted by Gasteiger charge is 2.54. The molecule has 2 aromatic rings. The fourth-order valence-corrected chi connectivity index (χ4v) is 4.96. The topological polar surface area (TPSA) is 93.3 Å². The molecule has 2 aliphatic rings. The summed E-state index contributed by atoms with van der Waals surface area (Å²) >= 11 is 0. The van der Waals surface area contributed by atoms with E-state index >= 15 is 0 Å². The number of hydrogen-bond donors (Lipinski definition) is 1. The summed E-state index contributed by atoms with van der Waals surface area (Å²) in [5, 5.41) is 7.07. The second-order valence-electron chi connectivity index (χ2n) is 8.43. The highest BCUT2D eigenvalue weighted by atomic mass is 16.5. The number of likely N-dealkylation sites (tertiary alicyclic amines) is 1. The minimum absolute atomic E-state index is 0.0644. The van der Waals surface area contributed by atoms with Gasteiger partial charge in [0.15, 0.2) is 0 Å². The van der Waals surface area contributed by atoms with Crippen molar-refractivity contribution in [2.45, 2.75) is 65.0 Å². The molecule has 2 aliphatic heterocycles. The predicted molar refractivity (Wildman–Crippen MR) is 106 cm³/mol.